The minimum absolute atomic E-state index is 0.0944. The van der Waals surface area contributed by atoms with Crippen molar-refractivity contribution in [2.75, 3.05) is 18.5 Å². The van der Waals surface area contributed by atoms with E-state index in [9.17, 15) is 0 Å². The van der Waals surface area contributed by atoms with Crippen LogP contribution in [0.1, 0.15) is 19.4 Å². The van der Waals surface area contributed by atoms with Crippen LogP contribution in [0.2, 0.25) is 0 Å². The van der Waals surface area contributed by atoms with Crippen LogP contribution in [-0.2, 0) is 6.42 Å². The third kappa shape index (κ3) is 3.70. The summed E-state index contributed by atoms with van der Waals surface area (Å²) in [6, 6.07) is 0. The third-order valence-electron chi connectivity index (χ3n) is 1.74. The van der Waals surface area contributed by atoms with Crippen LogP contribution in [0.3, 0.4) is 0 Å². The smallest absolute Gasteiger partial charge is 0.222 e. The van der Waals surface area contributed by atoms with E-state index in [2.05, 4.69) is 29.1 Å². The minimum atomic E-state index is 0.0944. The lowest BCUT2D eigenvalue weighted by molar-refractivity contribution is 0.311. The Hall–Kier alpha value is -1.16. The van der Waals surface area contributed by atoms with Crippen molar-refractivity contribution in [2.45, 2.75) is 20.3 Å². The predicted octanol–water partition coefficient (Wildman–Crippen LogP) is 1.08. The lowest BCUT2D eigenvalue weighted by atomic mass is 10.1. The summed E-state index contributed by atoms with van der Waals surface area (Å²) in [5.74, 6) is 1.20. The molecule has 78 valence electrons. The second-order valence-corrected chi connectivity index (χ2v) is 3.66. The summed E-state index contributed by atoms with van der Waals surface area (Å²) in [5, 5.41) is 11.5. The first-order chi connectivity index (χ1) is 6.72. The van der Waals surface area contributed by atoms with Crippen molar-refractivity contribution in [3.8, 4) is 0 Å². The molecule has 0 atom stereocenters. The Morgan fingerprint density at radius 1 is 1.36 bits per heavy atom. The first-order valence-corrected chi connectivity index (χ1v) is 4.88. The fourth-order valence-corrected chi connectivity index (χ4v) is 1.19. The zero-order valence-corrected chi connectivity index (χ0v) is 8.70. The molecule has 0 aliphatic carbocycles. The van der Waals surface area contributed by atoms with E-state index in [4.69, 9.17) is 5.11 Å². The van der Waals surface area contributed by atoms with Crippen molar-refractivity contribution in [2.24, 2.45) is 5.92 Å². The molecule has 0 aliphatic rings. The monoisotopic (exact) mass is 195 g/mol. The fraction of sp³-hybridized carbons (Fsp3) is 0.600. The van der Waals surface area contributed by atoms with Crippen molar-refractivity contribution < 1.29 is 5.11 Å². The number of aliphatic hydroxyl groups is 1. The average Bonchev–Trinajstić information content (AvgIpc) is 2.16. The average molecular weight is 195 g/mol. The van der Waals surface area contributed by atoms with Gasteiger partial charge >= 0.3 is 0 Å². The van der Waals surface area contributed by atoms with Crippen molar-refractivity contribution in [3.63, 3.8) is 0 Å². The highest BCUT2D eigenvalue weighted by Gasteiger charge is 1.99. The molecule has 1 aromatic rings. The number of hydrogen-bond donors (Lipinski definition) is 2. The van der Waals surface area contributed by atoms with E-state index in [1.807, 2.05) is 12.4 Å². The van der Waals surface area contributed by atoms with Crippen LogP contribution in [0.4, 0.5) is 5.95 Å². The Morgan fingerprint density at radius 2 is 2.00 bits per heavy atom. The molecule has 2 N–H and O–H groups in total. The zero-order chi connectivity index (χ0) is 10.4. The number of aromatic nitrogens is 2. The lowest BCUT2D eigenvalue weighted by Crippen LogP contribution is -2.08. The Kier molecular flexibility index (Phi) is 4.32. The van der Waals surface area contributed by atoms with Crippen LogP contribution in [0.5, 0.6) is 0 Å². The van der Waals surface area contributed by atoms with E-state index >= 15 is 0 Å². The molecule has 14 heavy (non-hydrogen) atoms. The first-order valence-electron chi connectivity index (χ1n) is 4.88. The topological polar surface area (TPSA) is 58.0 Å². The Balaban J connectivity index is 2.50. The molecule has 0 spiro atoms. The van der Waals surface area contributed by atoms with Crippen molar-refractivity contribution in [3.05, 3.63) is 18.0 Å². The molecule has 0 radical (unpaired) electrons. The highest BCUT2D eigenvalue weighted by molar-refractivity contribution is 5.24. The predicted molar refractivity (Wildman–Crippen MR) is 56.1 cm³/mol. The van der Waals surface area contributed by atoms with Gasteiger partial charge in [0.05, 0.1) is 6.61 Å². The van der Waals surface area contributed by atoms with Crippen LogP contribution in [0.25, 0.3) is 0 Å². The minimum Gasteiger partial charge on any atom is -0.395 e. The molecular formula is C10H17N3O. The van der Waals surface area contributed by atoms with Gasteiger partial charge in [0.1, 0.15) is 0 Å². The molecule has 1 rings (SSSR count). The molecule has 1 aromatic heterocycles. The normalized spacial score (nSPS) is 10.6. The van der Waals surface area contributed by atoms with Gasteiger partial charge in [0, 0.05) is 18.9 Å². The zero-order valence-electron chi connectivity index (χ0n) is 8.70. The van der Waals surface area contributed by atoms with Gasteiger partial charge in [-0.1, -0.05) is 13.8 Å². The number of rotatable bonds is 5. The maximum Gasteiger partial charge on any atom is 0.222 e. The molecule has 0 saturated carbocycles. The largest absolute Gasteiger partial charge is 0.395 e. The summed E-state index contributed by atoms with van der Waals surface area (Å²) in [6.07, 6.45) is 4.65. The standard InChI is InChI=1S/C10H17N3O/c1-8(2)5-9-6-12-10(13-7-9)11-3-4-14/h6-8,14H,3-5H2,1-2H3,(H,11,12,13). The van der Waals surface area contributed by atoms with Gasteiger partial charge in [-0.3, -0.25) is 0 Å². The molecule has 4 heteroatoms. The van der Waals surface area contributed by atoms with Crippen LogP contribution >= 0.6 is 0 Å². The number of aliphatic hydroxyl groups excluding tert-OH is 1. The van der Waals surface area contributed by atoms with Gasteiger partial charge < -0.3 is 10.4 Å². The number of nitrogens with one attached hydrogen (secondary N) is 1. The number of nitrogens with zero attached hydrogens (tertiary/aromatic N) is 2. The van der Waals surface area contributed by atoms with Crippen molar-refractivity contribution in [1.82, 2.24) is 9.97 Å². The summed E-state index contributed by atoms with van der Waals surface area (Å²) < 4.78 is 0. The lowest BCUT2D eigenvalue weighted by Gasteiger charge is -2.05. The van der Waals surface area contributed by atoms with Gasteiger partial charge in [-0.2, -0.15) is 0 Å². The van der Waals surface area contributed by atoms with Gasteiger partial charge in [-0.15, -0.1) is 0 Å². The molecule has 0 unspecified atom stereocenters. The van der Waals surface area contributed by atoms with Gasteiger partial charge in [0.15, 0.2) is 0 Å². The SMILES string of the molecule is CC(C)Cc1cnc(NCCO)nc1. The molecular weight excluding hydrogens is 178 g/mol. The molecule has 0 fully saturated rings. The summed E-state index contributed by atoms with van der Waals surface area (Å²) in [4.78, 5) is 8.27. The Labute approximate surface area is 84.4 Å². The number of hydrogen-bond acceptors (Lipinski definition) is 4. The molecule has 4 nitrogen and oxygen atoms in total. The fourth-order valence-electron chi connectivity index (χ4n) is 1.19. The number of anilines is 1. The second kappa shape index (κ2) is 5.54. The van der Waals surface area contributed by atoms with Gasteiger partial charge in [-0.05, 0) is 17.9 Å². The van der Waals surface area contributed by atoms with E-state index < -0.39 is 0 Å². The van der Waals surface area contributed by atoms with E-state index in [1.54, 1.807) is 0 Å². The molecule has 0 bridgehead atoms. The van der Waals surface area contributed by atoms with Gasteiger partial charge in [0.25, 0.3) is 0 Å². The van der Waals surface area contributed by atoms with E-state index in [1.165, 1.54) is 0 Å². The van der Waals surface area contributed by atoms with E-state index in [0.717, 1.165) is 12.0 Å². The highest BCUT2D eigenvalue weighted by atomic mass is 16.3. The summed E-state index contributed by atoms with van der Waals surface area (Å²) >= 11 is 0. The van der Waals surface area contributed by atoms with Crippen molar-refractivity contribution in [1.29, 1.82) is 0 Å². The van der Waals surface area contributed by atoms with Gasteiger partial charge in [0.2, 0.25) is 5.95 Å². The summed E-state index contributed by atoms with van der Waals surface area (Å²) in [6.45, 7) is 4.91. The second-order valence-electron chi connectivity index (χ2n) is 3.66. The van der Waals surface area contributed by atoms with E-state index in [0.29, 0.717) is 18.4 Å². The van der Waals surface area contributed by atoms with Crippen LogP contribution in [0, 0.1) is 5.92 Å². The maximum atomic E-state index is 8.58. The quantitative estimate of drug-likeness (QED) is 0.738. The summed E-state index contributed by atoms with van der Waals surface area (Å²) in [5.41, 5.74) is 1.15. The first kappa shape index (κ1) is 10.9. The highest BCUT2D eigenvalue weighted by Crippen LogP contribution is 2.06. The Bertz CT molecular complexity index is 259. The van der Waals surface area contributed by atoms with Crippen molar-refractivity contribution >= 4 is 5.95 Å². The Morgan fingerprint density at radius 3 is 2.50 bits per heavy atom. The maximum absolute atomic E-state index is 8.58. The van der Waals surface area contributed by atoms with Gasteiger partial charge in [-0.25, -0.2) is 9.97 Å². The van der Waals surface area contributed by atoms with Crippen LogP contribution in [0.15, 0.2) is 12.4 Å². The molecule has 0 saturated heterocycles. The summed E-state index contributed by atoms with van der Waals surface area (Å²) in [7, 11) is 0. The molecule has 0 amide bonds. The van der Waals surface area contributed by atoms with Crippen LogP contribution < -0.4 is 5.32 Å². The molecule has 1 heterocycles. The third-order valence-corrected chi connectivity index (χ3v) is 1.74. The van der Waals surface area contributed by atoms with E-state index in [-0.39, 0.29) is 6.61 Å². The molecule has 0 aliphatic heterocycles. The van der Waals surface area contributed by atoms with Crippen LogP contribution in [-0.4, -0.2) is 28.2 Å². The molecule has 0 aromatic carbocycles.